The Morgan fingerprint density at radius 2 is 2.12 bits per heavy atom. The first-order chi connectivity index (χ1) is 8.29. The van der Waals surface area contributed by atoms with Gasteiger partial charge in [0.25, 0.3) is 0 Å². The van der Waals surface area contributed by atoms with Crippen molar-refractivity contribution in [2.75, 3.05) is 0 Å². The minimum Gasteiger partial charge on any atom is -0.305 e. The summed E-state index contributed by atoms with van der Waals surface area (Å²) in [5, 5.41) is 14.1. The smallest absolute Gasteiger partial charge is 0.100 e. The molecule has 1 heterocycles. The molecule has 3 heteroatoms. The summed E-state index contributed by atoms with van der Waals surface area (Å²) in [6, 6.07) is 14.8. The van der Waals surface area contributed by atoms with E-state index in [1.807, 2.05) is 29.6 Å². The van der Waals surface area contributed by atoms with Gasteiger partial charge in [0.1, 0.15) is 6.07 Å². The molecule has 1 aromatic heterocycles. The number of nitriles is 1. The number of benzene rings is 1. The second kappa shape index (κ2) is 5.62. The second-order valence-electron chi connectivity index (χ2n) is 3.93. The molecule has 0 saturated heterocycles. The van der Waals surface area contributed by atoms with E-state index < -0.39 is 0 Å². The van der Waals surface area contributed by atoms with Crippen LogP contribution in [0.1, 0.15) is 29.0 Å². The van der Waals surface area contributed by atoms with Gasteiger partial charge in [-0.15, -0.1) is 11.3 Å². The zero-order chi connectivity index (χ0) is 12.1. The summed E-state index contributed by atoms with van der Waals surface area (Å²) in [6.07, 6.45) is 0. The van der Waals surface area contributed by atoms with Crippen LogP contribution >= 0.6 is 11.3 Å². The molecule has 17 heavy (non-hydrogen) atoms. The maximum absolute atomic E-state index is 8.74. The van der Waals surface area contributed by atoms with Gasteiger partial charge in [-0.3, -0.25) is 0 Å². The highest BCUT2D eigenvalue weighted by Crippen LogP contribution is 2.16. The van der Waals surface area contributed by atoms with Crippen LogP contribution in [0.2, 0.25) is 0 Å². The van der Waals surface area contributed by atoms with Gasteiger partial charge in [-0.05, 0) is 18.6 Å². The van der Waals surface area contributed by atoms with Gasteiger partial charge in [0.15, 0.2) is 0 Å². The molecule has 0 spiro atoms. The van der Waals surface area contributed by atoms with Gasteiger partial charge < -0.3 is 5.32 Å². The Morgan fingerprint density at radius 1 is 1.35 bits per heavy atom. The number of rotatable bonds is 4. The van der Waals surface area contributed by atoms with Crippen molar-refractivity contribution in [2.45, 2.75) is 19.5 Å². The molecule has 0 radical (unpaired) electrons. The Bertz CT molecular complexity index is 511. The average Bonchev–Trinajstić information content (AvgIpc) is 2.85. The third-order valence-corrected chi connectivity index (χ3v) is 3.60. The molecular weight excluding hydrogens is 228 g/mol. The summed E-state index contributed by atoms with van der Waals surface area (Å²) in [5.74, 6) is 0. The summed E-state index contributed by atoms with van der Waals surface area (Å²) in [7, 11) is 0. The molecule has 1 atom stereocenters. The fourth-order valence-corrected chi connectivity index (χ4v) is 2.41. The van der Waals surface area contributed by atoms with E-state index in [9.17, 15) is 0 Å². The van der Waals surface area contributed by atoms with Crippen LogP contribution in [0.5, 0.6) is 0 Å². The predicted octanol–water partition coefficient (Wildman–Crippen LogP) is 3.47. The summed E-state index contributed by atoms with van der Waals surface area (Å²) in [6.45, 7) is 2.95. The lowest BCUT2D eigenvalue weighted by Crippen LogP contribution is -2.17. The van der Waals surface area contributed by atoms with E-state index in [0.29, 0.717) is 6.04 Å². The van der Waals surface area contributed by atoms with Crippen LogP contribution in [0.3, 0.4) is 0 Å². The van der Waals surface area contributed by atoms with Crippen LogP contribution in [0, 0.1) is 11.3 Å². The highest BCUT2D eigenvalue weighted by Gasteiger charge is 2.05. The fraction of sp³-hybridized carbons (Fsp3) is 0.214. The van der Waals surface area contributed by atoms with Crippen molar-refractivity contribution in [1.82, 2.24) is 5.32 Å². The maximum Gasteiger partial charge on any atom is 0.100 e. The van der Waals surface area contributed by atoms with E-state index in [2.05, 4.69) is 30.4 Å². The fourth-order valence-electron chi connectivity index (χ4n) is 1.65. The number of hydrogen-bond acceptors (Lipinski definition) is 3. The molecule has 2 rings (SSSR count). The largest absolute Gasteiger partial charge is 0.305 e. The van der Waals surface area contributed by atoms with Crippen LogP contribution in [0.15, 0.2) is 41.8 Å². The molecule has 0 amide bonds. The van der Waals surface area contributed by atoms with Crippen LogP contribution in [0.25, 0.3) is 0 Å². The number of hydrogen-bond donors (Lipinski definition) is 1. The van der Waals surface area contributed by atoms with Crippen molar-refractivity contribution in [2.24, 2.45) is 0 Å². The quantitative estimate of drug-likeness (QED) is 0.891. The van der Waals surface area contributed by atoms with Gasteiger partial charge in [0.2, 0.25) is 0 Å². The molecule has 0 aliphatic carbocycles. The van der Waals surface area contributed by atoms with E-state index in [0.717, 1.165) is 12.1 Å². The highest BCUT2D eigenvalue weighted by molar-refractivity contribution is 7.10. The lowest BCUT2D eigenvalue weighted by Gasteiger charge is -2.13. The van der Waals surface area contributed by atoms with Crippen LogP contribution in [-0.2, 0) is 6.54 Å². The summed E-state index contributed by atoms with van der Waals surface area (Å²) < 4.78 is 0. The van der Waals surface area contributed by atoms with Crippen molar-refractivity contribution in [3.8, 4) is 6.07 Å². The predicted molar refractivity (Wildman–Crippen MR) is 70.7 cm³/mol. The third kappa shape index (κ3) is 3.16. The minimum atomic E-state index is 0.323. The van der Waals surface area contributed by atoms with E-state index in [1.165, 1.54) is 10.4 Å². The normalized spacial score (nSPS) is 12.0. The SMILES string of the molecule is CC(NCc1cc(C#N)cs1)c1ccccc1. The Labute approximate surface area is 106 Å². The Balaban J connectivity index is 1.92. The van der Waals surface area contributed by atoms with Crippen LogP contribution in [-0.4, -0.2) is 0 Å². The van der Waals surface area contributed by atoms with E-state index in [4.69, 9.17) is 5.26 Å². The zero-order valence-electron chi connectivity index (χ0n) is 9.68. The lowest BCUT2D eigenvalue weighted by atomic mass is 10.1. The van der Waals surface area contributed by atoms with E-state index in [-0.39, 0.29) is 0 Å². The van der Waals surface area contributed by atoms with E-state index in [1.54, 1.807) is 11.3 Å². The van der Waals surface area contributed by atoms with Gasteiger partial charge in [0.05, 0.1) is 5.56 Å². The van der Waals surface area contributed by atoms with Gasteiger partial charge in [0, 0.05) is 22.8 Å². The van der Waals surface area contributed by atoms with Crippen molar-refractivity contribution >= 4 is 11.3 Å². The van der Waals surface area contributed by atoms with Crippen molar-refractivity contribution < 1.29 is 0 Å². The van der Waals surface area contributed by atoms with Gasteiger partial charge in [-0.25, -0.2) is 0 Å². The van der Waals surface area contributed by atoms with Crippen molar-refractivity contribution in [1.29, 1.82) is 5.26 Å². The first-order valence-corrected chi connectivity index (χ1v) is 6.43. The molecule has 0 aliphatic heterocycles. The molecule has 2 aromatic rings. The number of nitrogens with zero attached hydrogens (tertiary/aromatic N) is 1. The molecule has 0 fully saturated rings. The number of thiophene rings is 1. The van der Waals surface area contributed by atoms with Crippen molar-refractivity contribution in [3.63, 3.8) is 0 Å². The summed E-state index contributed by atoms with van der Waals surface area (Å²) >= 11 is 1.63. The topological polar surface area (TPSA) is 35.8 Å². The minimum absolute atomic E-state index is 0.323. The Kier molecular flexibility index (Phi) is 3.92. The molecule has 0 saturated carbocycles. The van der Waals surface area contributed by atoms with Crippen LogP contribution < -0.4 is 5.32 Å². The van der Waals surface area contributed by atoms with Gasteiger partial charge >= 0.3 is 0 Å². The molecule has 0 bridgehead atoms. The molecule has 1 N–H and O–H groups in total. The lowest BCUT2D eigenvalue weighted by molar-refractivity contribution is 0.579. The Hall–Kier alpha value is -1.63. The van der Waals surface area contributed by atoms with Gasteiger partial charge in [-0.2, -0.15) is 5.26 Å². The Morgan fingerprint density at radius 3 is 2.76 bits per heavy atom. The molecular formula is C14H14N2S. The first-order valence-electron chi connectivity index (χ1n) is 5.55. The molecule has 1 aromatic carbocycles. The molecule has 86 valence electrons. The van der Waals surface area contributed by atoms with Gasteiger partial charge in [-0.1, -0.05) is 30.3 Å². The summed E-state index contributed by atoms with van der Waals surface area (Å²) in [4.78, 5) is 1.20. The number of nitrogens with one attached hydrogen (secondary N) is 1. The van der Waals surface area contributed by atoms with E-state index >= 15 is 0 Å². The molecule has 1 unspecified atom stereocenters. The maximum atomic E-state index is 8.74. The zero-order valence-corrected chi connectivity index (χ0v) is 10.5. The standard InChI is InChI=1S/C14H14N2S/c1-11(13-5-3-2-4-6-13)16-9-14-7-12(8-15)10-17-14/h2-7,10-11,16H,9H2,1H3. The van der Waals surface area contributed by atoms with Crippen LogP contribution in [0.4, 0.5) is 0 Å². The third-order valence-electron chi connectivity index (χ3n) is 2.66. The summed E-state index contributed by atoms with van der Waals surface area (Å²) in [5.41, 5.74) is 2.03. The molecule has 2 nitrogen and oxygen atoms in total. The monoisotopic (exact) mass is 242 g/mol. The van der Waals surface area contributed by atoms with Crippen molar-refractivity contribution in [3.05, 3.63) is 57.8 Å². The molecule has 0 aliphatic rings. The highest BCUT2D eigenvalue weighted by atomic mass is 32.1. The second-order valence-corrected chi connectivity index (χ2v) is 4.92. The average molecular weight is 242 g/mol. The first kappa shape index (κ1) is 11.8.